The van der Waals surface area contributed by atoms with E-state index in [-0.39, 0.29) is 5.91 Å². The van der Waals surface area contributed by atoms with Crippen LogP contribution < -0.4 is 9.47 Å². The summed E-state index contributed by atoms with van der Waals surface area (Å²) in [4.78, 5) is 24.5. The Balaban J connectivity index is 0.000000547. The summed E-state index contributed by atoms with van der Waals surface area (Å²) in [5.74, 6) is 0.0915. The quantitative estimate of drug-likeness (QED) is 0.376. The van der Waals surface area contributed by atoms with Crippen molar-refractivity contribution in [3.63, 3.8) is 0 Å². The number of hydrazone groups is 1. The van der Waals surface area contributed by atoms with E-state index in [9.17, 15) is 9.59 Å². The van der Waals surface area contributed by atoms with E-state index in [0.717, 1.165) is 42.5 Å². The van der Waals surface area contributed by atoms with Crippen LogP contribution in [0.2, 0.25) is 0 Å². The lowest BCUT2D eigenvalue weighted by atomic mass is 10.00. The highest BCUT2D eigenvalue weighted by Crippen LogP contribution is 2.32. The maximum absolute atomic E-state index is 12.6. The summed E-state index contributed by atoms with van der Waals surface area (Å²) in [6.07, 6.45) is 0.0491. The van der Waals surface area contributed by atoms with Gasteiger partial charge in [-0.2, -0.15) is 5.10 Å². The van der Waals surface area contributed by atoms with E-state index in [1.54, 1.807) is 19.2 Å². The van der Waals surface area contributed by atoms with Crippen molar-refractivity contribution < 1.29 is 34.4 Å². The fourth-order valence-electron chi connectivity index (χ4n) is 3.07. The zero-order valence-corrected chi connectivity index (χ0v) is 19.2. The van der Waals surface area contributed by atoms with Crippen molar-refractivity contribution in [3.05, 3.63) is 35.4 Å². The van der Waals surface area contributed by atoms with Crippen LogP contribution in [0.5, 0.6) is 11.5 Å². The molecule has 2 rings (SSSR count). The van der Waals surface area contributed by atoms with E-state index in [1.165, 1.54) is 0 Å². The van der Waals surface area contributed by atoms with Gasteiger partial charge in [-0.05, 0) is 43.8 Å². The number of benzene rings is 1. The van der Waals surface area contributed by atoms with Gasteiger partial charge in [-0.15, -0.1) is 0 Å². The second-order valence-corrected chi connectivity index (χ2v) is 6.88. The number of carbonyl (C=O) groups is 2. The summed E-state index contributed by atoms with van der Waals surface area (Å²) < 4.78 is 10.7. The number of nitrogens with zero attached hydrogens (tertiary/aromatic N) is 3. The molecule has 10 nitrogen and oxygen atoms in total. The van der Waals surface area contributed by atoms with Gasteiger partial charge < -0.3 is 29.7 Å². The molecule has 0 spiro atoms. The highest BCUT2D eigenvalue weighted by molar-refractivity contribution is 6.03. The van der Waals surface area contributed by atoms with Crippen molar-refractivity contribution in [2.45, 2.75) is 33.5 Å². The predicted octanol–water partition coefficient (Wildman–Crippen LogP) is 1.09. The summed E-state index contributed by atoms with van der Waals surface area (Å²) in [5.41, 5.74) is 2.67. The molecule has 1 aromatic rings. The van der Waals surface area contributed by atoms with Crippen LogP contribution in [0.3, 0.4) is 0 Å². The highest BCUT2D eigenvalue weighted by Gasteiger charge is 2.23. The number of amides is 1. The Morgan fingerprint density at radius 3 is 2.28 bits per heavy atom. The maximum Gasteiger partial charge on any atom is 0.328 e. The molecular formula is C22H33N3O7. The number of aliphatic hydroxyl groups is 2. The highest BCUT2D eigenvalue weighted by atomic mass is 16.5. The Morgan fingerprint density at radius 2 is 1.81 bits per heavy atom. The Bertz CT molecular complexity index is 833. The van der Waals surface area contributed by atoms with Crippen LogP contribution in [0.1, 0.15) is 31.9 Å². The van der Waals surface area contributed by atoms with Crippen LogP contribution in [0.15, 0.2) is 29.4 Å². The smallest absolute Gasteiger partial charge is 0.328 e. The summed E-state index contributed by atoms with van der Waals surface area (Å²) in [6.45, 7) is 9.52. The molecular weight excluding hydrogens is 418 g/mol. The summed E-state index contributed by atoms with van der Waals surface area (Å²) in [7, 11) is 3.20. The minimum absolute atomic E-state index is 0.00692. The monoisotopic (exact) mass is 451 g/mol. The molecule has 1 aliphatic rings. The number of ether oxygens (including phenoxy) is 2. The lowest BCUT2D eigenvalue weighted by molar-refractivity contribution is -0.132. The average molecular weight is 452 g/mol. The number of likely N-dealkylation sites (N-methyl/N-ethyl adjacent to an activating group) is 1. The van der Waals surface area contributed by atoms with E-state index >= 15 is 0 Å². The molecule has 0 saturated carbocycles. The Labute approximate surface area is 188 Å². The molecule has 32 heavy (non-hydrogen) atoms. The molecule has 0 aliphatic carbocycles. The number of aliphatic hydroxyl groups excluding tert-OH is 1. The van der Waals surface area contributed by atoms with Gasteiger partial charge in [0.2, 0.25) is 5.91 Å². The molecule has 1 heterocycles. The van der Waals surface area contributed by atoms with Crippen molar-refractivity contribution in [3.8, 4) is 11.5 Å². The van der Waals surface area contributed by atoms with Crippen molar-refractivity contribution in [2.75, 3.05) is 40.4 Å². The van der Waals surface area contributed by atoms with Gasteiger partial charge in [0.15, 0.2) is 17.8 Å². The van der Waals surface area contributed by atoms with Gasteiger partial charge in [-0.25, -0.2) is 9.80 Å². The van der Waals surface area contributed by atoms with E-state index in [0.29, 0.717) is 30.5 Å². The predicted molar refractivity (Wildman–Crippen MR) is 120 cm³/mol. The second kappa shape index (κ2) is 13.5. The second-order valence-electron chi connectivity index (χ2n) is 6.88. The number of fused-ring (bicyclic) bond motifs is 1. The Kier molecular flexibility index (Phi) is 11.4. The van der Waals surface area contributed by atoms with Gasteiger partial charge in [0.05, 0.1) is 32.9 Å². The molecule has 0 aromatic heterocycles. The Morgan fingerprint density at radius 1 is 1.22 bits per heavy atom. The molecule has 0 radical (unpaired) electrons. The first-order valence-corrected chi connectivity index (χ1v) is 10.3. The third-order valence-corrected chi connectivity index (χ3v) is 4.83. The van der Waals surface area contributed by atoms with Crippen LogP contribution in [-0.4, -0.2) is 89.5 Å². The lowest BCUT2D eigenvalue weighted by Crippen LogP contribution is -2.36. The molecule has 0 fully saturated rings. The van der Waals surface area contributed by atoms with Gasteiger partial charge in [0.25, 0.3) is 0 Å². The minimum Gasteiger partial charge on any atom is -0.493 e. The molecule has 1 aliphatic heterocycles. The third kappa shape index (κ3) is 8.29. The number of carboxylic acids is 1. The van der Waals surface area contributed by atoms with Gasteiger partial charge in [0.1, 0.15) is 0 Å². The van der Waals surface area contributed by atoms with E-state index in [1.807, 2.05) is 19.1 Å². The third-order valence-electron chi connectivity index (χ3n) is 4.83. The molecule has 3 N–H and O–H groups in total. The summed E-state index contributed by atoms with van der Waals surface area (Å²) in [5, 5.41) is 30.0. The van der Waals surface area contributed by atoms with E-state index < -0.39 is 12.3 Å². The standard InChI is InChI=1S/C18H27N3O3.C4H6O4/c1-6-20(7-2)8-9-21-18(22)11-14-10-16(23-4)17(24-5)12-15(14)13(3)19-21;5-3(6)1-2-4(7)8/h10,12H,6-9,11H2,1-5H3;1-3,5-6H,(H,7,8)/b;2-1+. The number of hydrogen-bond donors (Lipinski definition) is 3. The topological polar surface area (TPSA) is 132 Å². The molecule has 1 amide bonds. The first kappa shape index (κ1) is 27.1. The van der Waals surface area contributed by atoms with E-state index in [2.05, 4.69) is 23.8 Å². The number of methoxy groups -OCH3 is 2. The molecule has 0 unspecified atom stereocenters. The number of aliphatic carboxylic acids is 1. The lowest BCUT2D eigenvalue weighted by Gasteiger charge is -2.22. The van der Waals surface area contributed by atoms with Gasteiger partial charge >= 0.3 is 5.97 Å². The molecule has 10 heteroatoms. The fourth-order valence-corrected chi connectivity index (χ4v) is 3.07. The van der Waals surface area contributed by atoms with Crippen molar-refractivity contribution in [1.82, 2.24) is 9.91 Å². The molecule has 178 valence electrons. The summed E-state index contributed by atoms with van der Waals surface area (Å²) >= 11 is 0. The first-order valence-electron chi connectivity index (χ1n) is 10.3. The largest absolute Gasteiger partial charge is 0.493 e. The normalized spacial score (nSPS) is 13.5. The zero-order chi connectivity index (χ0) is 24.3. The molecule has 1 aromatic carbocycles. The van der Waals surface area contributed by atoms with E-state index in [4.69, 9.17) is 24.8 Å². The van der Waals surface area contributed by atoms with Crippen molar-refractivity contribution >= 4 is 17.6 Å². The van der Waals surface area contributed by atoms with Crippen LogP contribution in [-0.2, 0) is 16.0 Å². The summed E-state index contributed by atoms with van der Waals surface area (Å²) in [6, 6.07) is 3.77. The van der Waals surface area contributed by atoms with Gasteiger partial charge in [0, 0.05) is 18.2 Å². The molecule has 0 atom stereocenters. The van der Waals surface area contributed by atoms with Crippen LogP contribution >= 0.6 is 0 Å². The van der Waals surface area contributed by atoms with Crippen LogP contribution in [0.4, 0.5) is 0 Å². The fraction of sp³-hybridized carbons (Fsp3) is 0.500. The average Bonchev–Trinajstić information content (AvgIpc) is 2.88. The first-order chi connectivity index (χ1) is 15.2. The number of hydrogen-bond acceptors (Lipinski definition) is 8. The van der Waals surface area contributed by atoms with Crippen molar-refractivity contribution in [2.24, 2.45) is 5.10 Å². The van der Waals surface area contributed by atoms with Gasteiger partial charge in [-0.3, -0.25) is 4.79 Å². The van der Waals surface area contributed by atoms with Crippen LogP contribution in [0, 0.1) is 0 Å². The molecule has 0 saturated heterocycles. The number of carbonyl (C=O) groups excluding carboxylic acids is 1. The number of rotatable bonds is 9. The molecule has 0 bridgehead atoms. The van der Waals surface area contributed by atoms with Crippen molar-refractivity contribution in [1.29, 1.82) is 0 Å². The SMILES string of the molecule is CCN(CC)CCN1N=C(C)c2cc(OC)c(OC)cc2CC1=O.O=C(O)/C=C/C(O)O. The van der Waals surface area contributed by atoms with Gasteiger partial charge in [-0.1, -0.05) is 13.8 Å². The number of carboxylic acid groups (broad SMARTS) is 1. The maximum atomic E-state index is 12.6. The Hall–Kier alpha value is -2.95. The zero-order valence-electron chi connectivity index (χ0n) is 19.2. The minimum atomic E-state index is -1.67. The van der Waals surface area contributed by atoms with Crippen LogP contribution in [0.25, 0.3) is 0 Å².